The van der Waals surface area contributed by atoms with Gasteiger partial charge in [0.15, 0.2) is 0 Å². The zero-order valence-corrected chi connectivity index (χ0v) is 11.9. The number of nitrogen functional groups attached to an aromatic ring is 2. The molecule has 0 aliphatic carbocycles. The summed E-state index contributed by atoms with van der Waals surface area (Å²) in [5, 5.41) is 0. The van der Waals surface area contributed by atoms with Gasteiger partial charge < -0.3 is 20.7 Å². The fourth-order valence-corrected chi connectivity index (χ4v) is 2.23. The molecule has 19 heavy (non-hydrogen) atoms. The normalized spacial score (nSPS) is 19.3. The van der Waals surface area contributed by atoms with E-state index >= 15 is 0 Å². The number of quaternary nitrogens is 1. The molecule has 0 aromatic heterocycles. The molecule has 1 fully saturated rings. The number of anilines is 2. The monoisotopic (exact) mass is 265 g/mol. The maximum atomic E-state index is 5.85. The Bertz CT molecular complexity index is 423. The van der Waals surface area contributed by atoms with Gasteiger partial charge in [0.05, 0.1) is 32.9 Å². The molecule has 5 heteroatoms. The van der Waals surface area contributed by atoms with Crippen LogP contribution in [0.5, 0.6) is 5.75 Å². The van der Waals surface area contributed by atoms with Crippen molar-refractivity contribution in [1.29, 1.82) is 0 Å². The van der Waals surface area contributed by atoms with Crippen molar-refractivity contribution in [2.75, 3.05) is 64.9 Å². The topological polar surface area (TPSA) is 64.5 Å². The molecule has 1 aromatic rings. The minimum atomic E-state index is 0.644. The zero-order chi connectivity index (χ0) is 13.9. The molecular formula is C14H25N4O+. The molecule has 1 aliphatic rings. The molecule has 0 radical (unpaired) electrons. The van der Waals surface area contributed by atoms with Crippen LogP contribution in [0.15, 0.2) is 18.2 Å². The van der Waals surface area contributed by atoms with E-state index < -0.39 is 0 Å². The summed E-state index contributed by atoms with van der Waals surface area (Å²) in [4.78, 5) is 2.44. The third-order valence-corrected chi connectivity index (χ3v) is 3.75. The van der Waals surface area contributed by atoms with Crippen molar-refractivity contribution < 1.29 is 9.22 Å². The van der Waals surface area contributed by atoms with Gasteiger partial charge in [0.25, 0.3) is 0 Å². The fraction of sp³-hybridized carbons (Fsp3) is 0.571. The molecule has 1 heterocycles. The number of rotatable bonds is 4. The second-order valence-corrected chi connectivity index (χ2v) is 5.87. The lowest BCUT2D eigenvalue weighted by Crippen LogP contribution is -2.55. The van der Waals surface area contributed by atoms with Gasteiger partial charge in [-0.2, -0.15) is 0 Å². The molecule has 2 rings (SSSR count). The van der Waals surface area contributed by atoms with E-state index in [0.717, 1.165) is 24.1 Å². The molecule has 0 saturated carbocycles. The quantitative estimate of drug-likeness (QED) is 0.619. The Morgan fingerprint density at radius 2 is 1.89 bits per heavy atom. The molecule has 1 aliphatic heterocycles. The predicted octanol–water partition coefficient (Wildman–Crippen LogP) is 0.622. The van der Waals surface area contributed by atoms with Gasteiger partial charge in [-0.15, -0.1) is 0 Å². The van der Waals surface area contributed by atoms with Gasteiger partial charge in [-0.05, 0) is 12.1 Å². The summed E-state index contributed by atoms with van der Waals surface area (Å²) >= 11 is 0. The second kappa shape index (κ2) is 5.67. The number of benzene rings is 1. The van der Waals surface area contributed by atoms with E-state index in [2.05, 4.69) is 19.0 Å². The van der Waals surface area contributed by atoms with E-state index in [1.807, 2.05) is 0 Å². The van der Waals surface area contributed by atoms with Crippen LogP contribution >= 0.6 is 0 Å². The number of nitrogens with zero attached hydrogens (tertiary/aromatic N) is 2. The van der Waals surface area contributed by atoms with Crippen molar-refractivity contribution in [3.05, 3.63) is 18.2 Å². The van der Waals surface area contributed by atoms with Crippen LogP contribution in [-0.4, -0.2) is 62.8 Å². The largest absolute Gasteiger partial charge is 0.490 e. The first-order chi connectivity index (χ1) is 8.96. The van der Waals surface area contributed by atoms with Crippen LogP contribution in [0.4, 0.5) is 11.4 Å². The van der Waals surface area contributed by atoms with Gasteiger partial charge >= 0.3 is 0 Å². The molecule has 0 amide bonds. The maximum absolute atomic E-state index is 5.85. The third kappa shape index (κ3) is 4.01. The number of nitrogens with two attached hydrogens (primary N) is 2. The van der Waals surface area contributed by atoms with Gasteiger partial charge in [0.1, 0.15) is 12.4 Å². The first-order valence-corrected chi connectivity index (χ1v) is 6.78. The highest BCUT2D eigenvalue weighted by atomic mass is 16.5. The second-order valence-electron chi connectivity index (χ2n) is 5.87. The van der Waals surface area contributed by atoms with Crippen LogP contribution in [0.3, 0.4) is 0 Å². The fourth-order valence-electron chi connectivity index (χ4n) is 2.23. The van der Waals surface area contributed by atoms with Gasteiger partial charge in [-0.3, -0.25) is 4.90 Å². The lowest BCUT2D eigenvalue weighted by molar-refractivity contribution is -0.894. The summed E-state index contributed by atoms with van der Waals surface area (Å²) in [5.74, 6) is 0.688. The van der Waals surface area contributed by atoms with Gasteiger partial charge in [-0.25, -0.2) is 0 Å². The van der Waals surface area contributed by atoms with Gasteiger partial charge in [0.2, 0.25) is 0 Å². The number of likely N-dealkylation sites (N-methyl/N-ethyl adjacent to an activating group) is 1. The average Bonchev–Trinajstić information content (AvgIpc) is 2.35. The lowest BCUT2D eigenvalue weighted by atomic mass is 10.2. The standard InChI is InChI=1S/C14H25N4O/c1-18(2)8-5-17(6-9-18)7-10-19-14-11-12(15)3-4-13(14)16/h3-4,11H,5-10,15-16H2,1-2H3/q+1. The van der Waals surface area contributed by atoms with Crippen molar-refractivity contribution in [2.45, 2.75) is 0 Å². The molecule has 106 valence electrons. The van der Waals surface area contributed by atoms with Crippen molar-refractivity contribution in [3.8, 4) is 5.75 Å². The molecule has 1 aromatic carbocycles. The van der Waals surface area contributed by atoms with E-state index in [1.54, 1.807) is 18.2 Å². The minimum absolute atomic E-state index is 0.644. The Morgan fingerprint density at radius 1 is 1.21 bits per heavy atom. The highest BCUT2D eigenvalue weighted by Crippen LogP contribution is 2.23. The molecular weight excluding hydrogens is 240 g/mol. The Hall–Kier alpha value is -1.46. The summed E-state index contributed by atoms with van der Waals surface area (Å²) < 4.78 is 6.83. The van der Waals surface area contributed by atoms with Gasteiger partial charge in [0, 0.05) is 31.4 Å². The van der Waals surface area contributed by atoms with Crippen LogP contribution in [0.2, 0.25) is 0 Å². The number of ether oxygens (including phenoxy) is 1. The summed E-state index contributed by atoms with van der Waals surface area (Å²) in [7, 11) is 4.56. The Morgan fingerprint density at radius 3 is 2.58 bits per heavy atom. The first-order valence-electron chi connectivity index (χ1n) is 6.78. The van der Waals surface area contributed by atoms with E-state index in [4.69, 9.17) is 16.2 Å². The predicted molar refractivity (Wildman–Crippen MR) is 79.0 cm³/mol. The molecule has 0 atom stereocenters. The Kier molecular flexibility index (Phi) is 4.17. The van der Waals surface area contributed by atoms with Crippen molar-refractivity contribution in [3.63, 3.8) is 0 Å². The van der Waals surface area contributed by atoms with Crippen LogP contribution in [0.25, 0.3) is 0 Å². The Labute approximate surface area is 115 Å². The number of hydrogen-bond donors (Lipinski definition) is 2. The van der Waals surface area contributed by atoms with E-state index in [9.17, 15) is 0 Å². The van der Waals surface area contributed by atoms with Gasteiger partial charge in [-0.1, -0.05) is 0 Å². The first kappa shape index (κ1) is 14.0. The van der Waals surface area contributed by atoms with Crippen LogP contribution in [0, 0.1) is 0 Å². The summed E-state index contributed by atoms with van der Waals surface area (Å²) in [6, 6.07) is 5.35. The smallest absolute Gasteiger partial charge is 0.144 e. The minimum Gasteiger partial charge on any atom is -0.490 e. The van der Waals surface area contributed by atoms with E-state index in [1.165, 1.54) is 13.1 Å². The van der Waals surface area contributed by atoms with Crippen molar-refractivity contribution in [2.24, 2.45) is 0 Å². The van der Waals surface area contributed by atoms with Crippen LogP contribution < -0.4 is 16.2 Å². The maximum Gasteiger partial charge on any atom is 0.144 e. The van der Waals surface area contributed by atoms with Crippen LogP contribution in [0.1, 0.15) is 0 Å². The molecule has 1 saturated heterocycles. The molecule has 0 spiro atoms. The third-order valence-electron chi connectivity index (χ3n) is 3.75. The highest BCUT2D eigenvalue weighted by Gasteiger charge is 2.23. The van der Waals surface area contributed by atoms with Crippen molar-refractivity contribution in [1.82, 2.24) is 4.90 Å². The van der Waals surface area contributed by atoms with E-state index in [-0.39, 0.29) is 0 Å². The van der Waals surface area contributed by atoms with E-state index in [0.29, 0.717) is 23.7 Å². The summed E-state index contributed by atoms with van der Waals surface area (Å²) in [6.07, 6.45) is 0. The molecule has 5 nitrogen and oxygen atoms in total. The number of hydrogen-bond acceptors (Lipinski definition) is 4. The van der Waals surface area contributed by atoms with Crippen molar-refractivity contribution >= 4 is 11.4 Å². The van der Waals surface area contributed by atoms with Crippen LogP contribution in [-0.2, 0) is 0 Å². The number of piperazine rings is 1. The SMILES string of the molecule is C[N+]1(C)CCN(CCOc2cc(N)ccc2N)CC1. The Balaban J connectivity index is 1.76. The summed E-state index contributed by atoms with van der Waals surface area (Å²) in [5.41, 5.74) is 12.9. The summed E-state index contributed by atoms with van der Waals surface area (Å²) in [6.45, 7) is 6.24. The molecule has 4 N–H and O–H groups in total. The lowest BCUT2D eigenvalue weighted by Gasteiger charge is -2.38. The average molecular weight is 265 g/mol. The molecule has 0 bridgehead atoms. The zero-order valence-electron chi connectivity index (χ0n) is 11.9. The molecule has 0 unspecified atom stereocenters. The highest BCUT2D eigenvalue weighted by molar-refractivity contribution is 5.59.